The van der Waals surface area contributed by atoms with Gasteiger partial charge in [0.1, 0.15) is 0 Å². The molecule has 1 fully saturated rings. The summed E-state index contributed by atoms with van der Waals surface area (Å²) in [7, 11) is 1.50. The van der Waals surface area contributed by atoms with E-state index in [9.17, 15) is 4.79 Å². The lowest BCUT2D eigenvalue weighted by atomic mass is 9.93. The number of carboxylic acids is 1. The van der Waals surface area contributed by atoms with Gasteiger partial charge in [0.15, 0.2) is 23.7 Å². The first-order valence-corrected chi connectivity index (χ1v) is 6.98. The summed E-state index contributed by atoms with van der Waals surface area (Å²) in [5.41, 5.74) is 1.27. The van der Waals surface area contributed by atoms with Gasteiger partial charge in [-0.3, -0.25) is 0 Å². The summed E-state index contributed by atoms with van der Waals surface area (Å²) in [5, 5.41) is 12.9. The molecule has 7 nitrogen and oxygen atoms in total. The predicted molar refractivity (Wildman–Crippen MR) is 76.5 cm³/mol. The Labute approximate surface area is 127 Å². The molecule has 2 aliphatic heterocycles. The Morgan fingerprint density at radius 2 is 2.32 bits per heavy atom. The third-order valence-corrected chi connectivity index (χ3v) is 3.75. The van der Waals surface area contributed by atoms with Crippen LogP contribution in [-0.2, 0) is 14.4 Å². The number of hydrogen-bond donors (Lipinski definition) is 1. The van der Waals surface area contributed by atoms with Gasteiger partial charge in [-0.05, 0) is 18.2 Å². The van der Waals surface area contributed by atoms with E-state index in [2.05, 4.69) is 5.16 Å². The fraction of sp³-hybridized carbons (Fsp3) is 0.467. The number of aliphatic carboxylic acids is 1. The van der Waals surface area contributed by atoms with Gasteiger partial charge in [0.05, 0.1) is 26.0 Å². The van der Waals surface area contributed by atoms with Crippen LogP contribution in [0.5, 0.6) is 11.5 Å². The fourth-order valence-electron chi connectivity index (χ4n) is 2.58. The molecule has 118 valence electrons. The number of hydrogen-bond acceptors (Lipinski definition) is 6. The average molecular weight is 307 g/mol. The zero-order valence-electron chi connectivity index (χ0n) is 12.2. The summed E-state index contributed by atoms with van der Waals surface area (Å²) in [6.45, 7) is 0.789. The van der Waals surface area contributed by atoms with Crippen LogP contribution >= 0.6 is 0 Å². The molecular formula is C15H17NO6. The normalized spacial score (nSPS) is 23.2. The number of methoxy groups -OCH3 is 1. The molecule has 0 aliphatic carbocycles. The predicted octanol–water partition coefficient (Wildman–Crippen LogP) is 1.44. The molecule has 1 N–H and O–H groups in total. The van der Waals surface area contributed by atoms with Crippen molar-refractivity contribution in [3.05, 3.63) is 23.8 Å². The van der Waals surface area contributed by atoms with Crippen molar-refractivity contribution >= 4 is 11.7 Å². The fourth-order valence-corrected chi connectivity index (χ4v) is 2.58. The molecule has 3 rings (SSSR count). The Kier molecular flexibility index (Phi) is 3.89. The molecule has 1 spiro atoms. The highest BCUT2D eigenvalue weighted by atomic mass is 16.7. The third kappa shape index (κ3) is 2.85. The van der Waals surface area contributed by atoms with Gasteiger partial charge < -0.3 is 24.2 Å². The van der Waals surface area contributed by atoms with E-state index in [4.69, 9.17) is 24.2 Å². The van der Waals surface area contributed by atoms with Crippen LogP contribution in [0.2, 0.25) is 0 Å². The standard InChI is InChI=1S/C15H17NO6/c1-19-12-3-2-10(6-13(12)21-8-14(17)18)11-7-15(22-16-11)4-5-20-9-15/h2-3,6H,4-5,7-9H2,1H3,(H,17,18). The molecule has 1 aromatic rings. The Morgan fingerprint density at radius 1 is 1.45 bits per heavy atom. The zero-order chi connectivity index (χ0) is 15.6. The monoisotopic (exact) mass is 307 g/mol. The largest absolute Gasteiger partial charge is 0.493 e. The Morgan fingerprint density at radius 3 is 3.00 bits per heavy atom. The third-order valence-electron chi connectivity index (χ3n) is 3.75. The maximum Gasteiger partial charge on any atom is 0.341 e. The summed E-state index contributed by atoms with van der Waals surface area (Å²) in [6, 6.07) is 5.30. The summed E-state index contributed by atoms with van der Waals surface area (Å²) in [6.07, 6.45) is 1.48. The molecule has 0 aromatic heterocycles. The molecule has 2 aliphatic rings. The number of benzene rings is 1. The van der Waals surface area contributed by atoms with Gasteiger partial charge >= 0.3 is 5.97 Å². The highest BCUT2D eigenvalue weighted by Crippen LogP contribution is 2.36. The van der Waals surface area contributed by atoms with E-state index in [-0.39, 0.29) is 5.60 Å². The van der Waals surface area contributed by atoms with Crippen molar-refractivity contribution in [2.45, 2.75) is 18.4 Å². The minimum atomic E-state index is -1.05. The smallest absolute Gasteiger partial charge is 0.341 e. The first kappa shape index (κ1) is 14.6. The van der Waals surface area contributed by atoms with E-state index < -0.39 is 12.6 Å². The number of nitrogens with zero attached hydrogens (tertiary/aromatic N) is 1. The molecule has 1 unspecified atom stereocenters. The summed E-state index contributed by atoms with van der Waals surface area (Å²) in [4.78, 5) is 16.2. The van der Waals surface area contributed by atoms with Crippen LogP contribution in [0.1, 0.15) is 18.4 Å². The van der Waals surface area contributed by atoms with Crippen LogP contribution in [0.15, 0.2) is 23.4 Å². The molecular weight excluding hydrogens is 290 g/mol. The molecule has 2 heterocycles. The van der Waals surface area contributed by atoms with Crippen molar-refractivity contribution in [1.82, 2.24) is 0 Å². The van der Waals surface area contributed by atoms with Gasteiger partial charge in [0.25, 0.3) is 0 Å². The number of carbonyl (C=O) groups is 1. The number of oxime groups is 1. The molecule has 0 saturated carbocycles. The second-order valence-corrected chi connectivity index (χ2v) is 5.34. The highest BCUT2D eigenvalue weighted by Gasteiger charge is 2.43. The van der Waals surface area contributed by atoms with Crippen LogP contribution in [0.3, 0.4) is 0 Å². The Balaban J connectivity index is 1.79. The van der Waals surface area contributed by atoms with E-state index in [1.54, 1.807) is 12.1 Å². The van der Waals surface area contributed by atoms with Gasteiger partial charge in [-0.25, -0.2) is 4.79 Å². The number of ether oxygens (including phenoxy) is 3. The maximum absolute atomic E-state index is 10.7. The van der Waals surface area contributed by atoms with Gasteiger partial charge in [0, 0.05) is 18.4 Å². The number of carboxylic acid groups (broad SMARTS) is 1. The Bertz CT molecular complexity index is 606. The van der Waals surface area contributed by atoms with Crippen LogP contribution in [-0.4, -0.2) is 49.3 Å². The zero-order valence-corrected chi connectivity index (χ0v) is 12.2. The van der Waals surface area contributed by atoms with Gasteiger partial charge in [-0.2, -0.15) is 0 Å². The first-order chi connectivity index (χ1) is 10.6. The van der Waals surface area contributed by atoms with E-state index in [1.165, 1.54) is 7.11 Å². The lowest BCUT2D eigenvalue weighted by Gasteiger charge is -2.17. The van der Waals surface area contributed by atoms with Crippen LogP contribution in [0, 0.1) is 0 Å². The minimum absolute atomic E-state index is 0.350. The lowest BCUT2D eigenvalue weighted by Crippen LogP contribution is -2.29. The van der Waals surface area contributed by atoms with Crippen molar-refractivity contribution in [1.29, 1.82) is 0 Å². The maximum atomic E-state index is 10.7. The molecule has 22 heavy (non-hydrogen) atoms. The molecule has 1 aromatic carbocycles. The second kappa shape index (κ2) is 5.84. The summed E-state index contributed by atoms with van der Waals surface area (Å²) in [5.74, 6) is -0.201. The highest BCUT2D eigenvalue weighted by molar-refractivity contribution is 6.02. The molecule has 0 bridgehead atoms. The van der Waals surface area contributed by atoms with E-state index in [0.29, 0.717) is 31.1 Å². The van der Waals surface area contributed by atoms with Gasteiger partial charge in [0.2, 0.25) is 0 Å². The van der Waals surface area contributed by atoms with E-state index in [0.717, 1.165) is 17.7 Å². The van der Waals surface area contributed by atoms with E-state index in [1.807, 2.05) is 6.07 Å². The molecule has 7 heteroatoms. The van der Waals surface area contributed by atoms with Gasteiger partial charge in [-0.15, -0.1) is 0 Å². The quantitative estimate of drug-likeness (QED) is 0.886. The second-order valence-electron chi connectivity index (χ2n) is 5.34. The van der Waals surface area contributed by atoms with Crippen molar-refractivity contribution in [3.8, 4) is 11.5 Å². The van der Waals surface area contributed by atoms with Crippen molar-refractivity contribution in [3.63, 3.8) is 0 Å². The van der Waals surface area contributed by atoms with Crippen LogP contribution in [0.4, 0.5) is 0 Å². The summed E-state index contributed by atoms with van der Waals surface area (Å²) >= 11 is 0. The summed E-state index contributed by atoms with van der Waals surface area (Å²) < 4.78 is 15.8. The number of rotatable bonds is 5. The molecule has 1 saturated heterocycles. The minimum Gasteiger partial charge on any atom is -0.493 e. The van der Waals surface area contributed by atoms with Crippen LogP contribution < -0.4 is 9.47 Å². The van der Waals surface area contributed by atoms with Crippen molar-refractivity contribution < 1.29 is 28.9 Å². The SMILES string of the molecule is COc1ccc(C2=NOC3(CCOC3)C2)cc1OCC(=O)O. The topological polar surface area (TPSA) is 86.6 Å². The first-order valence-electron chi connectivity index (χ1n) is 6.98. The molecule has 0 amide bonds. The lowest BCUT2D eigenvalue weighted by molar-refractivity contribution is -0.139. The molecule has 1 atom stereocenters. The van der Waals surface area contributed by atoms with Crippen LogP contribution in [0.25, 0.3) is 0 Å². The van der Waals surface area contributed by atoms with Crippen molar-refractivity contribution in [2.24, 2.45) is 5.16 Å². The molecule has 0 radical (unpaired) electrons. The average Bonchev–Trinajstić information content (AvgIpc) is 3.15. The Hall–Kier alpha value is -2.28. The van der Waals surface area contributed by atoms with Crippen molar-refractivity contribution in [2.75, 3.05) is 26.9 Å². The van der Waals surface area contributed by atoms with E-state index >= 15 is 0 Å². The van der Waals surface area contributed by atoms with Gasteiger partial charge in [-0.1, -0.05) is 5.16 Å².